The fourth-order valence-electron chi connectivity index (χ4n) is 4.14. The molecule has 0 atom stereocenters. The normalized spacial score (nSPS) is 12.5. The van der Waals surface area contributed by atoms with Crippen LogP contribution in [0.15, 0.2) is 0 Å². The second-order valence-electron chi connectivity index (χ2n) is 9.09. The van der Waals surface area contributed by atoms with Gasteiger partial charge in [0, 0.05) is 26.4 Å². The van der Waals surface area contributed by atoms with Crippen LogP contribution in [0.4, 0.5) is 0 Å². The molecule has 0 aromatic carbocycles. The third-order valence-corrected chi connectivity index (χ3v) is 12.6. The minimum Gasteiger partial charge on any atom is -0.373 e. The Hall–Kier alpha value is 0.154. The zero-order chi connectivity index (χ0) is 26.1. The van der Waals surface area contributed by atoms with Crippen molar-refractivity contribution in [3.63, 3.8) is 0 Å². The molecule has 0 aliphatic carbocycles. The van der Waals surface area contributed by atoms with Crippen LogP contribution in [0.5, 0.6) is 0 Å². The van der Waals surface area contributed by atoms with E-state index in [9.17, 15) is 0 Å². The minimum absolute atomic E-state index is 0.541. The molecule has 212 valence electrons. The van der Waals surface area contributed by atoms with Crippen molar-refractivity contribution in [2.45, 2.75) is 119 Å². The highest BCUT2D eigenvalue weighted by molar-refractivity contribution is 6.75. The molecule has 0 rings (SSSR count). The molecule has 0 saturated heterocycles. The van der Waals surface area contributed by atoms with E-state index in [0.717, 1.165) is 25.9 Å². The van der Waals surface area contributed by atoms with Crippen LogP contribution in [0, 0.1) is 0 Å². The van der Waals surface area contributed by atoms with Gasteiger partial charge in [-0.15, -0.1) is 0 Å². The van der Waals surface area contributed by atoms with Crippen LogP contribution >= 0.6 is 0 Å². The predicted molar refractivity (Wildman–Crippen MR) is 152 cm³/mol. The molecule has 0 radical (unpaired) electrons. The number of rotatable bonds is 28. The molecule has 0 amide bonds. The van der Waals surface area contributed by atoms with Crippen LogP contribution in [-0.2, 0) is 21.8 Å². The van der Waals surface area contributed by atoms with Gasteiger partial charge in [-0.2, -0.15) is 0 Å². The van der Waals surface area contributed by atoms with Gasteiger partial charge in [0.15, 0.2) is 0 Å². The summed E-state index contributed by atoms with van der Waals surface area (Å²) in [6, 6.07) is 0. The van der Waals surface area contributed by atoms with Crippen molar-refractivity contribution in [2.75, 3.05) is 51.9 Å². The summed E-state index contributed by atoms with van der Waals surface area (Å²) >= 11 is 0. The third-order valence-electron chi connectivity index (χ3n) is 5.87. The van der Waals surface area contributed by atoms with Gasteiger partial charge in [0.05, 0.1) is 12.3 Å². The summed E-state index contributed by atoms with van der Waals surface area (Å²) in [5, 5.41) is 7.14. The number of unbranched alkanes of at least 4 members (excludes halogenated alkanes) is 10. The largest absolute Gasteiger partial charge is 0.508 e. The molecule has 0 bridgehead atoms. The van der Waals surface area contributed by atoms with Gasteiger partial charge in [-0.1, -0.05) is 78.1 Å². The van der Waals surface area contributed by atoms with E-state index in [1.54, 1.807) is 0 Å². The topological polar surface area (TPSA) is 70.2 Å². The molecule has 9 heteroatoms. The van der Waals surface area contributed by atoms with Gasteiger partial charge in [0.25, 0.3) is 0 Å². The van der Waals surface area contributed by atoms with E-state index in [2.05, 4.69) is 24.5 Å². The highest BCUT2D eigenvalue weighted by atomic mass is 28.5. The van der Waals surface area contributed by atoms with Crippen LogP contribution in [0.2, 0.25) is 0 Å². The van der Waals surface area contributed by atoms with Gasteiger partial charge in [-0.3, -0.25) is 0 Å². The summed E-state index contributed by atoms with van der Waals surface area (Å²) in [5.41, 5.74) is 0. The van der Waals surface area contributed by atoms with E-state index in [4.69, 9.17) is 21.8 Å². The van der Waals surface area contributed by atoms with E-state index >= 15 is 0 Å². The van der Waals surface area contributed by atoms with Crippen molar-refractivity contribution in [1.29, 1.82) is 0 Å². The number of nitrogens with one attached hydrogen (secondary N) is 2. The van der Waals surface area contributed by atoms with Crippen molar-refractivity contribution in [1.82, 2.24) is 10.6 Å². The molecular formula is C26H60N2O5Si2. The molecule has 0 aliphatic heterocycles. The van der Waals surface area contributed by atoms with Crippen LogP contribution in [0.3, 0.4) is 0 Å². The zero-order valence-electron chi connectivity index (χ0n) is 24.2. The standard InChI is InChI=1S/C26H60N2O5Si2/c1-7-13-15-17-19-21-23-27-25-34(29-9-3,30-10-4)33-35(31-11-5,32-12-6)26-28-24-22-20-18-16-14-8-2/h27-28H,7-26H2,1-6H3. The van der Waals surface area contributed by atoms with Crippen molar-refractivity contribution in [3.8, 4) is 0 Å². The van der Waals surface area contributed by atoms with Gasteiger partial charge >= 0.3 is 17.6 Å². The minimum atomic E-state index is -3.02. The highest BCUT2D eigenvalue weighted by Gasteiger charge is 2.53. The van der Waals surface area contributed by atoms with Crippen molar-refractivity contribution < 1.29 is 21.8 Å². The lowest BCUT2D eigenvalue weighted by atomic mass is 10.1. The van der Waals surface area contributed by atoms with Crippen molar-refractivity contribution >= 4 is 17.6 Å². The fraction of sp³-hybridized carbons (Fsp3) is 1.00. The lowest BCUT2D eigenvalue weighted by molar-refractivity contribution is 0.0481. The highest BCUT2D eigenvalue weighted by Crippen LogP contribution is 2.20. The summed E-state index contributed by atoms with van der Waals surface area (Å²) in [6.07, 6.45) is 16.5. The van der Waals surface area contributed by atoms with E-state index < -0.39 is 17.6 Å². The summed E-state index contributed by atoms with van der Waals surface area (Å²) in [7, 11) is -6.03. The summed E-state index contributed by atoms with van der Waals surface area (Å²) < 4.78 is 31.7. The monoisotopic (exact) mass is 536 g/mol. The van der Waals surface area contributed by atoms with Gasteiger partial charge in [0.2, 0.25) is 0 Å². The van der Waals surface area contributed by atoms with Crippen LogP contribution in [0.25, 0.3) is 0 Å². The first-order valence-electron chi connectivity index (χ1n) is 14.7. The van der Waals surface area contributed by atoms with Crippen molar-refractivity contribution in [3.05, 3.63) is 0 Å². The molecule has 0 heterocycles. The van der Waals surface area contributed by atoms with Gasteiger partial charge in [-0.05, 0) is 53.6 Å². The van der Waals surface area contributed by atoms with Crippen LogP contribution < -0.4 is 10.6 Å². The number of hydrogen-bond donors (Lipinski definition) is 2. The Balaban J connectivity index is 5.01. The first-order chi connectivity index (χ1) is 17.1. The van der Waals surface area contributed by atoms with Gasteiger partial charge in [-0.25, -0.2) is 0 Å². The summed E-state index contributed by atoms with van der Waals surface area (Å²) in [5.74, 6) is 0. The lowest BCUT2D eigenvalue weighted by Gasteiger charge is -2.38. The molecule has 35 heavy (non-hydrogen) atoms. The van der Waals surface area contributed by atoms with Gasteiger partial charge < -0.3 is 32.5 Å². The van der Waals surface area contributed by atoms with Crippen LogP contribution in [-0.4, -0.2) is 69.5 Å². The molecule has 0 unspecified atom stereocenters. The smallest absolute Gasteiger partial charge is 0.373 e. The third kappa shape index (κ3) is 18.1. The van der Waals surface area contributed by atoms with E-state index in [1.165, 1.54) is 64.2 Å². The molecule has 7 nitrogen and oxygen atoms in total. The maximum atomic E-state index is 6.77. The predicted octanol–water partition coefficient (Wildman–Crippen LogP) is 6.01. The molecule has 0 aliphatic rings. The molecule has 2 N–H and O–H groups in total. The van der Waals surface area contributed by atoms with E-state index in [0.29, 0.717) is 38.8 Å². The van der Waals surface area contributed by atoms with Gasteiger partial charge in [0.1, 0.15) is 0 Å². The first-order valence-corrected chi connectivity index (χ1v) is 18.6. The zero-order valence-corrected chi connectivity index (χ0v) is 26.2. The summed E-state index contributed by atoms with van der Waals surface area (Å²) in [4.78, 5) is 0. The molecule has 0 fully saturated rings. The Kier molecular flexibility index (Phi) is 24.6. The Morgan fingerprint density at radius 1 is 0.429 bits per heavy atom. The Morgan fingerprint density at radius 3 is 1.06 bits per heavy atom. The maximum absolute atomic E-state index is 6.77. The average Bonchev–Trinajstić information content (AvgIpc) is 2.83. The van der Waals surface area contributed by atoms with Crippen LogP contribution in [0.1, 0.15) is 119 Å². The lowest BCUT2D eigenvalue weighted by Crippen LogP contribution is -2.66. The maximum Gasteiger partial charge on any atom is 0.508 e. The Morgan fingerprint density at radius 2 is 0.743 bits per heavy atom. The van der Waals surface area contributed by atoms with E-state index in [1.807, 2.05) is 27.7 Å². The second-order valence-corrected chi connectivity index (χ2v) is 14.5. The molecular weight excluding hydrogens is 476 g/mol. The first kappa shape index (κ1) is 35.2. The molecule has 0 aromatic heterocycles. The number of hydrogen-bond acceptors (Lipinski definition) is 7. The Labute approximate surface area is 220 Å². The SMILES string of the molecule is CCCCCCCCNC[Si](OCC)(OCC)O[Si](CNCCCCCCCC)(OCC)OCC. The molecule has 0 aromatic rings. The van der Waals surface area contributed by atoms with E-state index in [-0.39, 0.29) is 0 Å². The molecule has 0 saturated carbocycles. The second kappa shape index (κ2) is 24.5. The molecule has 0 spiro atoms. The quantitative estimate of drug-likeness (QED) is 0.0938. The van der Waals surface area contributed by atoms with Crippen molar-refractivity contribution in [2.24, 2.45) is 0 Å². The fourth-order valence-corrected chi connectivity index (χ4v) is 10.9. The Bertz CT molecular complexity index is 400. The average molecular weight is 537 g/mol. The summed E-state index contributed by atoms with van der Waals surface area (Å²) in [6.45, 7) is 16.6.